The average Bonchev–Trinajstić information content (AvgIpc) is 2.97. The van der Waals surface area contributed by atoms with Gasteiger partial charge >= 0.3 is 0 Å². The summed E-state index contributed by atoms with van der Waals surface area (Å²) in [4.78, 5) is 17.2. The van der Waals surface area contributed by atoms with Crippen LogP contribution in [0.1, 0.15) is 34.1 Å². The topological polar surface area (TPSA) is 35.6 Å². The van der Waals surface area contributed by atoms with Crippen LogP contribution < -0.4 is 5.32 Å². The summed E-state index contributed by atoms with van der Waals surface area (Å²) in [5.41, 5.74) is 1.43. The summed E-state index contributed by atoms with van der Waals surface area (Å²) in [6.45, 7) is 15.2. The van der Waals surface area contributed by atoms with Crippen molar-refractivity contribution in [2.75, 3.05) is 46.3 Å². The number of amides is 1. The van der Waals surface area contributed by atoms with Gasteiger partial charge in [-0.1, -0.05) is 25.5 Å². The van der Waals surface area contributed by atoms with Crippen molar-refractivity contribution in [1.82, 2.24) is 15.1 Å². The Morgan fingerprint density at radius 2 is 1.86 bits per heavy atom. The van der Waals surface area contributed by atoms with E-state index in [2.05, 4.69) is 55.9 Å². The van der Waals surface area contributed by atoms with Crippen molar-refractivity contribution in [2.24, 2.45) is 17.3 Å². The molecular formula is C18H33N3O. The van der Waals surface area contributed by atoms with E-state index in [0.29, 0.717) is 5.92 Å². The van der Waals surface area contributed by atoms with Gasteiger partial charge in [-0.05, 0) is 45.2 Å². The lowest BCUT2D eigenvalue weighted by atomic mass is 10.1. The van der Waals surface area contributed by atoms with Crippen molar-refractivity contribution >= 4 is 5.91 Å². The van der Waals surface area contributed by atoms with E-state index in [-0.39, 0.29) is 17.2 Å². The van der Waals surface area contributed by atoms with Gasteiger partial charge in [-0.25, -0.2) is 0 Å². The highest BCUT2D eigenvalue weighted by atomic mass is 16.2. The average molecular weight is 307 g/mol. The van der Waals surface area contributed by atoms with E-state index in [1.54, 1.807) is 0 Å². The molecule has 126 valence electrons. The summed E-state index contributed by atoms with van der Waals surface area (Å²) in [6.07, 6.45) is 3.31. The van der Waals surface area contributed by atoms with E-state index in [4.69, 9.17) is 0 Å². The van der Waals surface area contributed by atoms with Crippen molar-refractivity contribution in [3.05, 3.63) is 11.6 Å². The first kappa shape index (κ1) is 17.5. The van der Waals surface area contributed by atoms with Crippen LogP contribution in [-0.4, -0.2) is 62.0 Å². The minimum Gasteiger partial charge on any atom is -0.356 e. The summed E-state index contributed by atoms with van der Waals surface area (Å²) in [7, 11) is 2.18. The molecule has 4 nitrogen and oxygen atoms in total. The number of allylic oxidation sites excluding steroid dienone is 2. The van der Waals surface area contributed by atoms with Crippen LogP contribution in [-0.2, 0) is 4.79 Å². The molecule has 2 atom stereocenters. The highest BCUT2D eigenvalue weighted by Crippen LogP contribution is 2.59. The molecule has 2 fully saturated rings. The summed E-state index contributed by atoms with van der Waals surface area (Å²) >= 11 is 0. The van der Waals surface area contributed by atoms with Crippen LogP contribution in [0.4, 0.5) is 0 Å². The largest absolute Gasteiger partial charge is 0.356 e. The van der Waals surface area contributed by atoms with Gasteiger partial charge < -0.3 is 15.1 Å². The first-order valence-electron chi connectivity index (χ1n) is 8.66. The molecule has 0 aromatic carbocycles. The molecule has 4 heteroatoms. The smallest absolute Gasteiger partial charge is 0.224 e. The van der Waals surface area contributed by atoms with E-state index >= 15 is 0 Å². The van der Waals surface area contributed by atoms with Crippen LogP contribution in [0.15, 0.2) is 11.6 Å². The van der Waals surface area contributed by atoms with Gasteiger partial charge in [-0.3, -0.25) is 4.79 Å². The van der Waals surface area contributed by atoms with Crippen LogP contribution in [0, 0.1) is 17.3 Å². The normalized spacial score (nSPS) is 28.2. The number of nitrogens with zero attached hydrogens (tertiary/aromatic N) is 2. The Kier molecular flexibility index (Phi) is 5.67. The Hall–Kier alpha value is -0.870. The minimum atomic E-state index is 0.124. The van der Waals surface area contributed by atoms with Gasteiger partial charge in [0.2, 0.25) is 5.91 Å². The highest BCUT2D eigenvalue weighted by molar-refractivity contribution is 5.83. The first-order chi connectivity index (χ1) is 10.3. The Balaban J connectivity index is 1.65. The predicted octanol–water partition coefficient (Wildman–Crippen LogP) is 1.98. The quantitative estimate of drug-likeness (QED) is 0.602. The van der Waals surface area contributed by atoms with Gasteiger partial charge in [0.05, 0.1) is 5.92 Å². The fourth-order valence-corrected chi connectivity index (χ4v) is 3.54. The van der Waals surface area contributed by atoms with Gasteiger partial charge in [0.15, 0.2) is 0 Å². The molecule has 2 unspecified atom stereocenters. The summed E-state index contributed by atoms with van der Waals surface area (Å²) in [5, 5.41) is 3.15. The number of carbonyl (C=O) groups excluding carboxylic acids is 1. The molecule has 2 rings (SSSR count). The van der Waals surface area contributed by atoms with Crippen molar-refractivity contribution in [1.29, 1.82) is 0 Å². The third kappa shape index (κ3) is 4.32. The zero-order chi connectivity index (χ0) is 16.3. The van der Waals surface area contributed by atoms with Crippen LogP contribution in [0.3, 0.4) is 0 Å². The van der Waals surface area contributed by atoms with E-state index < -0.39 is 0 Å². The summed E-state index contributed by atoms with van der Waals surface area (Å²) in [6, 6.07) is 0. The molecule has 1 aliphatic carbocycles. The minimum absolute atomic E-state index is 0.124. The molecule has 1 amide bonds. The number of hydrogen-bond acceptors (Lipinski definition) is 3. The summed E-state index contributed by atoms with van der Waals surface area (Å²) in [5.74, 6) is 0.812. The Bertz CT molecular complexity index is 418. The molecular weight excluding hydrogens is 274 g/mol. The monoisotopic (exact) mass is 307 g/mol. The maximum absolute atomic E-state index is 12.3. The lowest BCUT2D eigenvalue weighted by Gasteiger charge is -2.32. The standard InChI is InChI=1S/C18H33N3O/c1-14(2)13-15-16(18(15,3)4)17(22)19-7-6-8-21-11-9-20(5)10-12-21/h13,15-16H,6-12H2,1-5H3,(H,19,22). The lowest BCUT2D eigenvalue weighted by Crippen LogP contribution is -2.45. The maximum Gasteiger partial charge on any atom is 0.224 e. The van der Waals surface area contributed by atoms with Gasteiger partial charge in [0.25, 0.3) is 0 Å². The molecule has 1 saturated heterocycles. The van der Waals surface area contributed by atoms with Crippen LogP contribution in [0.25, 0.3) is 0 Å². The number of carbonyl (C=O) groups is 1. The lowest BCUT2D eigenvalue weighted by molar-refractivity contribution is -0.123. The van der Waals surface area contributed by atoms with Gasteiger partial charge in [-0.2, -0.15) is 0 Å². The summed E-state index contributed by atoms with van der Waals surface area (Å²) < 4.78 is 0. The van der Waals surface area contributed by atoms with E-state index in [1.165, 1.54) is 5.57 Å². The predicted molar refractivity (Wildman–Crippen MR) is 91.8 cm³/mol. The van der Waals surface area contributed by atoms with Gasteiger partial charge in [0.1, 0.15) is 0 Å². The Morgan fingerprint density at radius 1 is 1.23 bits per heavy atom. The zero-order valence-corrected chi connectivity index (χ0v) is 15.0. The zero-order valence-electron chi connectivity index (χ0n) is 15.0. The SMILES string of the molecule is CC(C)=CC1C(C(=O)NCCCN2CCN(C)CC2)C1(C)C. The molecule has 1 saturated carbocycles. The molecule has 1 aliphatic heterocycles. The molecule has 1 heterocycles. The highest BCUT2D eigenvalue weighted by Gasteiger charge is 2.60. The molecule has 0 radical (unpaired) electrons. The van der Waals surface area contributed by atoms with E-state index in [0.717, 1.165) is 45.7 Å². The number of hydrogen-bond donors (Lipinski definition) is 1. The molecule has 1 N–H and O–H groups in total. The van der Waals surface area contributed by atoms with Crippen LogP contribution >= 0.6 is 0 Å². The fourth-order valence-electron chi connectivity index (χ4n) is 3.54. The molecule has 22 heavy (non-hydrogen) atoms. The third-order valence-corrected chi connectivity index (χ3v) is 5.25. The fraction of sp³-hybridized carbons (Fsp3) is 0.833. The third-order valence-electron chi connectivity index (χ3n) is 5.25. The number of likely N-dealkylation sites (N-methyl/N-ethyl adjacent to an activating group) is 1. The van der Waals surface area contributed by atoms with Crippen molar-refractivity contribution in [3.8, 4) is 0 Å². The van der Waals surface area contributed by atoms with Crippen LogP contribution in [0.2, 0.25) is 0 Å². The van der Waals surface area contributed by atoms with E-state index in [9.17, 15) is 4.79 Å². The van der Waals surface area contributed by atoms with Gasteiger partial charge in [-0.15, -0.1) is 0 Å². The number of nitrogens with one attached hydrogen (secondary N) is 1. The number of piperazine rings is 1. The van der Waals surface area contributed by atoms with Crippen LogP contribution in [0.5, 0.6) is 0 Å². The second-order valence-electron chi connectivity index (χ2n) is 7.86. The molecule has 0 bridgehead atoms. The molecule has 2 aliphatic rings. The maximum atomic E-state index is 12.3. The Morgan fingerprint density at radius 3 is 2.45 bits per heavy atom. The second-order valence-corrected chi connectivity index (χ2v) is 7.86. The van der Waals surface area contributed by atoms with Crippen molar-refractivity contribution in [3.63, 3.8) is 0 Å². The second kappa shape index (κ2) is 7.14. The van der Waals surface area contributed by atoms with Crippen molar-refractivity contribution < 1.29 is 4.79 Å². The van der Waals surface area contributed by atoms with Gasteiger partial charge in [0, 0.05) is 32.7 Å². The number of rotatable bonds is 6. The molecule has 0 aromatic rings. The molecule has 0 spiro atoms. The van der Waals surface area contributed by atoms with Crippen molar-refractivity contribution in [2.45, 2.75) is 34.1 Å². The first-order valence-corrected chi connectivity index (χ1v) is 8.66. The Labute approximate surface area is 135 Å². The molecule has 0 aromatic heterocycles. The van der Waals surface area contributed by atoms with E-state index in [1.807, 2.05) is 0 Å².